The van der Waals surface area contributed by atoms with Gasteiger partial charge in [0.15, 0.2) is 5.96 Å². The van der Waals surface area contributed by atoms with Gasteiger partial charge >= 0.3 is 0 Å². The molecular weight excluding hydrogens is 278 g/mol. The van der Waals surface area contributed by atoms with Gasteiger partial charge < -0.3 is 15.5 Å². The number of guanidine groups is 1. The van der Waals surface area contributed by atoms with Crippen LogP contribution in [-0.4, -0.2) is 74.0 Å². The van der Waals surface area contributed by atoms with Gasteiger partial charge in [-0.1, -0.05) is 0 Å². The van der Waals surface area contributed by atoms with Gasteiger partial charge in [-0.15, -0.1) is 0 Å². The number of hydrogen-bond donors (Lipinski definition) is 2. The van der Waals surface area contributed by atoms with Crippen LogP contribution in [0.15, 0.2) is 4.99 Å². The van der Waals surface area contributed by atoms with E-state index in [0.717, 1.165) is 51.4 Å². The maximum Gasteiger partial charge on any atom is 0.239 e. The molecule has 6 nitrogen and oxygen atoms in total. The number of rotatable bonds is 7. The van der Waals surface area contributed by atoms with E-state index in [-0.39, 0.29) is 11.9 Å². The van der Waals surface area contributed by atoms with Crippen molar-refractivity contribution in [2.45, 2.75) is 51.1 Å². The fourth-order valence-corrected chi connectivity index (χ4v) is 2.88. The Hall–Kier alpha value is -1.30. The van der Waals surface area contributed by atoms with Crippen molar-refractivity contribution in [2.24, 2.45) is 4.99 Å². The SMILES string of the molecule is CCNC(=NCCCN1CCCC1C(=O)N(C)C)NC1CC1. The van der Waals surface area contributed by atoms with Gasteiger partial charge in [0.2, 0.25) is 5.91 Å². The van der Waals surface area contributed by atoms with E-state index in [1.54, 1.807) is 4.90 Å². The maximum atomic E-state index is 12.1. The normalized spacial score (nSPS) is 22.7. The van der Waals surface area contributed by atoms with E-state index in [0.29, 0.717) is 6.04 Å². The van der Waals surface area contributed by atoms with Gasteiger partial charge in [-0.3, -0.25) is 14.7 Å². The smallest absolute Gasteiger partial charge is 0.239 e. The molecule has 0 radical (unpaired) electrons. The fourth-order valence-electron chi connectivity index (χ4n) is 2.88. The first-order chi connectivity index (χ1) is 10.6. The van der Waals surface area contributed by atoms with Gasteiger partial charge in [-0.05, 0) is 45.6 Å². The second kappa shape index (κ2) is 8.36. The van der Waals surface area contributed by atoms with Crippen LogP contribution in [-0.2, 0) is 4.79 Å². The molecular formula is C16H31N5O. The number of carbonyl (C=O) groups is 1. The molecule has 6 heteroatoms. The summed E-state index contributed by atoms with van der Waals surface area (Å²) in [6.45, 7) is 5.78. The number of hydrogen-bond acceptors (Lipinski definition) is 3. The van der Waals surface area contributed by atoms with Gasteiger partial charge in [0.1, 0.15) is 0 Å². The molecule has 2 rings (SSSR count). The summed E-state index contributed by atoms with van der Waals surface area (Å²) in [7, 11) is 3.69. The zero-order chi connectivity index (χ0) is 15.9. The average molecular weight is 309 g/mol. The first-order valence-corrected chi connectivity index (χ1v) is 8.62. The van der Waals surface area contributed by atoms with E-state index in [1.165, 1.54) is 12.8 Å². The van der Waals surface area contributed by atoms with Crippen LogP contribution in [0.4, 0.5) is 0 Å². The molecule has 0 bridgehead atoms. The predicted octanol–water partition coefficient (Wildman–Crippen LogP) is 0.647. The number of carbonyl (C=O) groups excluding carboxylic acids is 1. The summed E-state index contributed by atoms with van der Waals surface area (Å²) < 4.78 is 0. The van der Waals surface area contributed by atoms with Gasteiger partial charge in [0, 0.05) is 39.8 Å². The third-order valence-corrected chi connectivity index (χ3v) is 4.23. The van der Waals surface area contributed by atoms with E-state index in [1.807, 2.05) is 14.1 Å². The van der Waals surface area contributed by atoms with E-state index < -0.39 is 0 Å². The lowest BCUT2D eigenvalue weighted by molar-refractivity contribution is -0.133. The standard InChI is InChI=1S/C16H31N5O/c1-4-17-16(19-13-8-9-13)18-10-6-12-21-11-5-7-14(21)15(22)20(2)3/h13-14H,4-12H2,1-3H3,(H2,17,18,19). The van der Waals surface area contributed by atoms with Crippen LogP contribution in [0.5, 0.6) is 0 Å². The van der Waals surface area contributed by atoms with Crippen molar-refractivity contribution in [3.63, 3.8) is 0 Å². The Morgan fingerprint density at radius 3 is 2.73 bits per heavy atom. The van der Waals surface area contributed by atoms with E-state index >= 15 is 0 Å². The molecule has 1 amide bonds. The minimum atomic E-state index is 0.0804. The molecule has 22 heavy (non-hydrogen) atoms. The lowest BCUT2D eigenvalue weighted by Crippen LogP contribution is -2.43. The van der Waals surface area contributed by atoms with Crippen LogP contribution >= 0.6 is 0 Å². The molecule has 0 spiro atoms. The Morgan fingerprint density at radius 2 is 2.09 bits per heavy atom. The third-order valence-electron chi connectivity index (χ3n) is 4.23. The number of amides is 1. The van der Waals surface area contributed by atoms with E-state index in [9.17, 15) is 4.79 Å². The lowest BCUT2D eigenvalue weighted by atomic mass is 10.2. The van der Waals surface area contributed by atoms with Crippen LogP contribution < -0.4 is 10.6 Å². The Balaban J connectivity index is 1.73. The molecule has 1 heterocycles. The van der Waals surface area contributed by atoms with Crippen LogP contribution in [0.3, 0.4) is 0 Å². The van der Waals surface area contributed by atoms with E-state index in [2.05, 4.69) is 27.4 Å². The highest BCUT2D eigenvalue weighted by Gasteiger charge is 2.31. The number of nitrogens with one attached hydrogen (secondary N) is 2. The van der Waals surface area contributed by atoms with Crippen molar-refractivity contribution in [1.82, 2.24) is 20.4 Å². The largest absolute Gasteiger partial charge is 0.357 e. The lowest BCUT2D eigenvalue weighted by Gasteiger charge is -2.25. The Bertz CT molecular complexity index is 392. The minimum Gasteiger partial charge on any atom is -0.357 e. The summed E-state index contributed by atoms with van der Waals surface area (Å²) in [6, 6.07) is 0.704. The second-order valence-electron chi connectivity index (χ2n) is 6.46. The molecule has 1 aliphatic carbocycles. The van der Waals surface area contributed by atoms with Crippen LogP contribution in [0, 0.1) is 0 Å². The highest BCUT2D eigenvalue weighted by atomic mass is 16.2. The number of aliphatic imine (C=N–C) groups is 1. The zero-order valence-corrected chi connectivity index (χ0v) is 14.3. The van der Waals surface area contributed by atoms with Crippen molar-refractivity contribution in [1.29, 1.82) is 0 Å². The predicted molar refractivity (Wildman–Crippen MR) is 90.0 cm³/mol. The highest BCUT2D eigenvalue weighted by Crippen LogP contribution is 2.19. The van der Waals surface area contributed by atoms with Gasteiger partial charge in [0.05, 0.1) is 6.04 Å². The molecule has 1 unspecified atom stereocenters. The van der Waals surface area contributed by atoms with Crippen molar-refractivity contribution in [3.05, 3.63) is 0 Å². The number of nitrogens with zero attached hydrogens (tertiary/aromatic N) is 3. The van der Waals surface area contributed by atoms with Gasteiger partial charge in [0.25, 0.3) is 0 Å². The second-order valence-corrected chi connectivity index (χ2v) is 6.46. The molecule has 2 fully saturated rings. The molecule has 2 N–H and O–H groups in total. The summed E-state index contributed by atoms with van der Waals surface area (Å²) >= 11 is 0. The topological polar surface area (TPSA) is 60.0 Å². The molecule has 1 saturated carbocycles. The Kier molecular flexibility index (Phi) is 6.49. The summed E-state index contributed by atoms with van der Waals surface area (Å²) in [5, 5.41) is 6.72. The summed E-state index contributed by atoms with van der Waals surface area (Å²) in [5.41, 5.74) is 0. The third kappa shape index (κ3) is 5.16. The Morgan fingerprint density at radius 1 is 1.32 bits per heavy atom. The Labute approximate surface area is 134 Å². The quantitative estimate of drug-likeness (QED) is 0.412. The zero-order valence-electron chi connectivity index (χ0n) is 14.3. The molecule has 126 valence electrons. The monoisotopic (exact) mass is 309 g/mol. The fraction of sp³-hybridized carbons (Fsp3) is 0.875. The summed E-state index contributed by atoms with van der Waals surface area (Å²) in [5.74, 6) is 1.18. The van der Waals surface area contributed by atoms with Crippen LogP contribution in [0.2, 0.25) is 0 Å². The molecule has 0 aromatic heterocycles. The molecule has 1 aliphatic heterocycles. The first-order valence-electron chi connectivity index (χ1n) is 8.62. The molecule has 2 aliphatic rings. The van der Waals surface area contributed by atoms with Crippen molar-refractivity contribution >= 4 is 11.9 Å². The summed E-state index contributed by atoms with van der Waals surface area (Å²) in [4.78, 5) is 20.8. The molecule has 1 saturated heterocycles. The van der Waals surface area contributed by atoms with Gasteiger partial charge in [-0.25, -0.2) is 0 Å². The molecule has 0 aromatic carbocycles. The minimum absolute atomic E-state index is 0.0804. The maximum absolute atomic E-state index is 12.1. The van der Waals surface area contributed by atoms with Crippen LogP contribution in [0.1, 0.15) is 39.0 Å². The van der Waals surface area contributed by atoms with Crippen molar-refractivity contribution in [3.8, 4) is 0 Å². The van der Waals surface area contributed by atoms with Gasteiger partial charge in [-0.2, -0.15) is 0 Å². The van der Waals surface area contributed by atoms with E-state index in [4.69, 9.17) is 0 Å². The number of likely N-dealkylation sites (tertiary alicyclic amines) is 1. The van der Waals surface area contributed by atoms with Crippen molar-refractivity contribution < 1.29 is 4.79 Å². The first kappa shape index (κ1) is 17.1. The average Bonchev–Trinajstić information content (AvgIpc) is 3.18. The highest BCUT2D eigenvalue weighted by molar-refractivity contribution is 5.81. The van der Waals surface area contributed by atoms with Crippen molar-refractivity contribution in [2.75, 3.05) is 40.3 Å². The number of likely N-dealkylation sites (N-methyl/N-ethyl adjacent to an activating group) is 1. The summed E-state index contributed by atoms with van der Waals surface area (Å²) in [6.07, 6.45) is 5.63. The molecule has 1 atom stereocenters. The van der Waals surface area contributed by atoms with Crippen LogP contribution in [0.25, 0.3) is 0 Å². The molecule has 0 aromatic rings.